The number of rotatable bonds is 19. The summed E-state index contributed by atoms with van der Waals surface area (Å²) in [5.74, 6) is 0.305. The lowest BCUT2D eigenvalue weighted by Crippen LogP contribution is -2.26. The number of phenolic OH excluding ortho intramolecular Hbond substituents is 1. The van der Waals surface area contributed by atoms with E-state index in [1.54, 1.807) is 24.3 Å². The second-order valence-corrected chi connectivity index (χ2v) is 8.50. The lowest BCUT2D eigenvalue weighted by atomic mass is 10.0. The number of unbranched alkanes of at least 4 members (excludes halogenated alkanes) is 15. The molecule has 0 fully saturated rings. The van der Waals surface area contributed by atoms with E-state index in [2.05, 4.69) is 12.2 Å². The molecule has 0 spiro atoms. The number of nitrogens with one attached hydrogen (secondary N) is 1. The third kappa shape index (κ3) is 16.0. The Morgan fingerprint density at radius 2 is 1.10 bits per heavy atom. The number of carbonyl (C=O) groups excluding carboxylic acids is 1. The Labute approximate surface area is 179 Å². The molecule has 3 heteroatoms. The van der Waals surface area contributed by atoms with Crippen LogP contribution in [0.1, 0.15) is 115 Å². The summed E-state index contributed by atoms with van der Waals surface area (Å²) in [6.45, 7) is 3.05. The summed E-state index contributed by atoms with van der Waals surface area (Å²) in [5, 5.41) is 12.3. The van der Waals surface area contributed by atoms with Crippen LogP contribution < -0.4 is 5.32 Å². The van der Waals surface area contributed by atoms with Gasteiger partial charge >= 0.3 is 0 Å². The van der Waals surface area contributed by atoms with Gasteiger partial charge in [0, 0.05) is 6.54 Å². The minimum Gasteiger partial charge on any atom is -0.508 e. The normalized spacial score (nSPS) is 10.9. The second kappa shape index (κ2) is 18.5. The van der Waals surface area contributed by atoms with Gasteiger partial charge in [0.2, 0.25) is 5.91 Å². The molecule has 1 aromatic carbocycles. The third-order valence-corrected chi connectivity index (χ3v) is 5.65. The van der Waals surface area contributed by atoms with E-state index in [9.17, 15) is 9.90 Å². The molecule has 0 atom stereocenters. The molecule has 0 heterocycles. The molecule has 0 aliphatic rings. The van der Waals surface area contributed by atoms with E-state index in [0.29, 0.717) is 6.42 Å². The van der Waals surface area contributed by atoms with Crippen molar-refractivity contribution in [3.63, 3.8) is 0 Å². The van der Waals surface area contributed by atoms with Crippen LogP contribution in [0, 0.1) is 0 Å². The molecule has 0 radical (unpaired) electrons. The van der Waals surface area contributed by atoms with Crippen LogP contribution in [0.25, 0.3) is 0 Å². The third-order valence-electron chi connectivity index (χ3n) is 5.65. The maximum Gasteiger partial charge on any atom is 0.224 e. The van der Waals surface area contributed by atoms with Gasteiger partial charge in [0.1, 0.15) is 5.75 Å². The Bertz CT molecular complexity index is 498. The van der Waals surface area contributed by atoms with Crippen molar-refractivity contribution in [1.29, 1.82) is 0 Å². The van der Waals surface area contributed by atoms with Crippen LogP contribution in [0.4, 0.5) is 0 Å². The van der Waals surface area contributed by atoms with Gasteiger partial charge in [0.25, 0.3) is 0 Å². The maximum absolute atomic E-state index is 11.9. The molecule has 29 heavy (non-hydrogen) atoms. The van der Waals surface area contributed by atoms with Gasteiger partial charge in [-0.3, -0.25) is 4.79 Å². The molecular weight excluding hydrogens is 358 g/mol. The number of phenols is 1. The molecule has 0 aromatic heterocycles. The smallest absolute Gasteiger partial charge is 0.224 e. The molecule has 1 amide bonds. The molecule has 3 nitrogen and oxygen atoms in total. The molecular formula is C26H45NO2. The highest BCUT2D eigenvalue weighted by Crippen LogP contribution is 2.14. The lowest BCUT2D eigenvalue weighted by Gasteiger charge is -2.06. The standard InChI is InChI=1S/C26H45NO2/c1-2-3-4-5-6-7-8-9-10-11-12-13-14-15-16-17-22-27-26(29)23-24-18-20-25(28)21-19-24/h18-21,28H,2-17,22-23H2,1H3,(H,27,29). The largest absolute Gasteiger partial charge is 0.508 e. The molecule has 1 aromatic rings. The highest BCUT2D eigenvalue weighted by Gasteiger charge is 2.02. The van der Waals surface area contributed by atoms with Crippen LogP contribution in [-0.2, 0) is 11.2 Å². The highest BCUT2D eigenvalue weighted by atomic mass is 16.3. The first-order valence-corrected chi connectivity index (χ1v) is 12.3. The minimum absolute atomic E-state index is 0.0663. The summed E-state index contributed by atoms with van der Waals surface area (Å²) >= 11 is 0. The summed E-state index contributed by atoms with van der Waals surface area (Å²) in [4.78, 5) is 11.9. The first-order valence-electron chi connectivity index (χ1n) is 12.3. The van der Waals surface area contributed by atoms with Crippen LogP contribution >= 0.6 is 0 Å². The van der Waals surface area contributed by atoms with E-state index >= 15 is 0 Å². The minimum atomic E-state index is 0.0663. The summed E-state index contributed by atoms with van der Waals surface area (Å²) in [6.07, 6.45) is 22.2. The monoisotopic (exact) mass is 403 g/mol. The Hall–Kier alpha value is -1.51. The molecule has 166 valence electrons. The van der Waals surface area contributed by atoms with Gasteiger partial charge in [0.15, 0.2) is 0 Å². The number of hydrogen-bond donors (Lipinski definition) is 2. The maximum atomic E-state index is 11.9. The van der Waals surface area contributed by atoms with Crippen molar-refractivity contribution in [1.82, 2.24) is 5.32 Å². The number of hydrogen-bond acceptors (Lipinski definition) is 2. The fourth-order valence-corrected chi connectivity index (χ4v) is 3.76. The van der Waals surface area contributed by atoms with Gasteiger partial charge in [-0.25, -0.2) is 0 Å². The fourth-order valence-electron chi connectivity index (χ4n) is 3.76. The van der Waals surface area contributed by atoms with E-state index in [1.165, 1.54) is 96.3 Å². The van der Waals surface area contributed by atoms with E-state index < -0.39 is 0 Å². The second-order valence-electron chi connectivity index (χ2n) is 8.50. The van der Waals surface area contributed by atoms with Crippen molar-refractivity contribution < 1.29 is 9.90 Å². The van der Waals surface area contributed by atoms with Gasteiger partial charge in [0.05, 0.1) is 6.42 Å². The van der Waals surface area contributed by atoms with Crippen LogP contribution in [0.2, 0.25) is 0 Å². The highest BCUT2D eigenvalue weighted by molar-refractivity contribution is 5.78. The number of carbonyl (C=O) groups is 1. The van der Waals surface area contributed by atoms with Gasteiger partial charge in [-0.2, -0.15) is 0 Å². The van der Waals surface area contributed by atoms with Crippen molar-refractivity contribution in [2.45, 2.75) is 116 Å². The quantitative estimate of drug-likeness (QED) is 0.238. The summed E-state index contributed by atoms with van der Waals surface area (Å²) in [6, 6.07) is 6.84. The predicted octanol–water partition coefficient (Wildman–Crippen LogP) is 7.31. The van der Waals surface area contributed by atoms with Crippen molar-refractivity contribution in [3.05, 3.63) is 29.8 Å². The first-order chi connectivity index (χ1) is 14.2. The Kier molecular flexibility index (Phi) is 16.3. The molecule has 0 saturated heterocycles. The van der Waals surface area contributed by atoms with E-state index in [1.807, 2.05) is 0 Å². The van der Waals surface area contributed by atoms with Crippen LogP contribution in [0.3, 0.4) is 0 Å². The SMILES string of the molecule is CCCCCCCCCCCCCCCCCCNC(=O)Cc1ccc(O)cc1. The molecule has 0 aliphatic heterocycles. The summed E-state index contributed by atoms with van der Waals surface area (Å²) in [7, 11) is 0. The Balaban J connectivity index is 1.77. The molecule has 0 aliphatic carbocycles. The zero-order valence-corrected chi connectivity index (χ0v) is 18.9. The molecule has 2 N–H and O–H groups in total. The number of aromatic hydroxyl groups is 1. The average molecular weight is 404 g/mol. The van der Waals surface area contributed by atoms with E-state index in [4.69, 9.17) is 0 Å². The molecule has 0 unspecified atom stereocenters. The zero-order valence-electron chi connectivity index (χ0n) is 18.9. The van der Waals surface area contributed by atoms with Gasteiger partial charge in [-0.15, -0.1) is 0 Å². The number of benzene rings is 1. The fraction of sp³-hybridized carbons (Fsp3) is 0.731. The molecule has 0 saturated carbocycles. The summed E-state index contributed by atoms with van der Waals surface area (Å²) < 4.78 is 0. The van der Waals surface area contributed by atoms with Crippen molar-refractivity contribution >= 4 is 5.91 Å². The van der Waals surface area contributed by atoms with Crippen LogP contribution in [0.5, 0.6) is 5.75 Å². The lowest BCUT2D eigenvalue weighted by molar-refractivity contribution is -0.120. The first kappa shape index (κ1) is 25.5. The molecule has 1 rings (SSSR count). The zero-order chi connectivity index (χ0) is 21.0. The van der Waals surface area contributed by atoms with Crippen LogP contribution in [0.15, 0.2) is 24.3 Å². The van der Waals surface area contributed by atoms with Crippen molar-refractivity contribution in [2.75, 3.05) is 6.54 Å². The van der Waals surface area contributed by atoms with Gasteiger partial charge in [-0.05, 0) is 24.1 Å². The topological polar surface area (TPSA) is 49.3 Å². The Morgan fingerprint density at radius 3 is 1.55 bits per heavy atom. The van der Waals surface area contributed by atoms with E-state index in [-0.39, 0.29) is 11.7 Å². The van der Waals surface area contributed by atoms with E-state index in [0.717, 1.165) is 18.5 Å². The predicted molar refractivity (Wildman–Crippen MR) is 124 cm³/mol. The van der Waals surface area contributed by atoms with Crippen molar-refractivity contribution in [2.24, 2.45) is 0 Å². The summed E-state index contributed by atoms with van der Waals surface area (Å²) in [5.41, 5.74) is 0.937. The molecule has 0 bridgehead atoms. The Morgan fingerprint density at radius 1 is 0.690 bits per heavy atom. The average Bonchev–Trinajstić information content (AvgIpc) is 2.72. The van der Waals surface area contributed by atoms with Crippen LogP contribution in [-0.4, -0.2) is 17.6 Å². The van der Waals surface area contributed by atoms with Gasteiger partial charge in [-0.1, -0.05) is 115 Å². The number of amides is 1. The van der Waals surface area contributed by atoms with Crippen molar-refractivity contribution in [3.8, 4) is 5.75 Å². The van der Waals surface area contributed by atoms with Gasteiger partial charge < -0.3 is 10.4 Å².